The van der Waals surface area contributed by atoms with Crippen molar-refractivity contribution in [1.82, 2.24) is 0 Å². The first-order chi connectivity index (χ1) is 21.5. The molecule has 0 aromatic heterocycles. The van der Waals surface area contributed by atoms with E-state index in [4.69, 9.17) is 5.48 Å². The molecule has 0 aliphatic heterocycles. The van der Waals surface area contributed by atoms with E-state index < -0.39 is 0 Å². The molecule has 40 heavy (non-hydrogen) atoms. The average Bonchev–Trinajstić information content (AvgIpc) is 3.06. The van der Waals surface area contributed by atoms with Gasteiger partial charge < -0.3 is 0 Å². The predicted molar refractivity (Wildman–Crippen MR) is 173 cm³/mol. The molecule has 0 saturated heterocycles. The molecule has 0 unspecified atom stereocenters. The molecule has 0 bridgehead atoms. The maximum absolute atomic E-state index is 8.81. The van der Waals surface area contributed by atoms with Crippen LogP contribution in [0.3, 0.4) is 0 Å². The summed E-state index contributed by atoms with van der Waals surface area (Å²) in [6.45, 7) is 0. The molecule has 0 aliphatic carbocycles. The lowest BCUT2D eigenvalue weighted by Crippen LogP contribution is -1.92. The second-order valence-corrected chi connectivity index (χ2v) is 10.2. The predicted octanol–water partition coefficient (Wildman–Crippen LogP) is 11.3. The second kappa shape index (κ2) is 9.22. The molecule has 8 rings (SSSR count). The lowest BCUT2D eigenvalue weighted by atomic mass is 9.84. The lowest BCUT2D eigenvalue weighted by molar-refractivity contribution is 1.65. The Balaban J connectivity index is 1.47. The summed E-state index contributed by atoms with van der Waals surface area (Å²) in [7, 11) is 0. The van der Waals surface area contributed by atoms with Gasteiger partial charge in [-0.25, -0.2) is 0 Å². The van der Waals surface area contributed by atoms with Gasteiger partial charge in [0.25, 0.3) is 0 Å². The zero-order valence-corrected chi connectivity index (χ0v) is 21.7. The fourth-order valence-electron chi connectivity index (χ4n) is 6.23. The summed E-state index contributed by atoms with van der Waals surface area (Å²) >= 11 is 0. The molecule has 0 nitrogen and oxygen atoms in total. The summed E-state index contributed by atoms with van der Waals surface area (Å²) in [6.07, 6.45) is 0. The Bertz CT molecular complexity index is 2360. The van der Waals surface area contributed by atoms with Crippen LogP contribution in [0.4, 0.5) is 0 Å². The van der Waals surface area contributed by atoms with E-state index in [1.54, 1.807) is 0 Å². The van der Waals surface area contributed by atoms with Crippen molar-refractivity contribution in [1.29, 1.82) is 0 Å². The fourth-order valence-corrected chi connectivity index (χ4v) is 6.23. The van der Waals surface area contributed by atoms with Gasteiger partial charge in [0.2, 0.25) is 0 Å². The van der Waals surface area contributed by atoms with Crippen LogP contribution in [-0.4, -0.2) is 0 Å². The molecule has 0 heterocycles. The number of benzene rings is 8. The molecule has 8 aromatic carbocycles. The SMILES string of the molecule is [2H]c1cc([2H])c([2H])c(-c2c3ccccc3c(-c3cccc4c(-c5ccc6ccccc6c5)cccc34)c3ccccc23)c1[2H]. The van der Waals surface area contributed by atoms with Crippen molar-refractivity contribution in [2.24, 2.45) is 0 Å². The smallest absolute Gasteiger partial charge is 0.0622 e. The molecule has 0 heteroatoms. The van der Waals surface area contributed by atoms with Gasteiger partial charge in [-0.2, -0.15) is 0 Å². The third-order valence-electron chi connectivity index (χ3n) is 7.97. The number of rotatable bonds is 3. The molecule has 0 radical (unpaired) electrons. The van der Waals surface area contributed by atoms with Gasteiger partial charge in [0.1, 0.15) is 0 Å². The van der Waals surface area contributed by atoms with Crippen molar-refractivity contribution in [2.45, 2.75) is 0 Å². The molecule has 0 spiro atoms. The van der Waals surface area contributed by atoms with Crippen LogP contribution in [0.15, 0.2) is 158 Å². The van der Waals surface area contributed by atoms with E-state index in [-0.39, 0.29) is 24.2 Å². The molecule has 0 saturated carbocycles. The first kappa shape index (κ1) is 19.0. The molecule has 8 aromatic rings. The summed E-state index contributed by atoms with van der Waals surface area (Å²) in [6, 6.07) is 45.5. The van der Waals surface area contributed by atoms with Crippen LogP contribution in [0.2, 0.25) is 0 Å². The van der Waals surface area contributed by atoms with E-state index in [9.17, 15) is 0 Å². The van der Waals surface area contributed by atoms with Gasteiger partial charge in [-0.15, -0.1) is 0 Å². The van der Waals surface area contributed by atoms with E-state index in [2.05, 4.69) is 91.0 Å². The summed E-state index contributed by atoms with van der Waals surface area (Å²) in [4.78, 5) is 0. The van der Waals surface area contributed by atoms with E-state index in [0.717, 1.165) is 43.6 Å². The van der Waals surface area contributed by atoms with Gasteiger partial charge in [0, 0.05) is 0 Å². The maximum atomic E-state index is 8.81. The number of fused-ring (bicyclic) bond motifs is 4. The van der Waals surface area contributed by atoms with Crippen LogP contribution in [-0.2, 0) is 0 Å². The van der Waals surface area contributed by atoms with Crippen molar-refractivity contribution < 1.29 is 5.48 Å². The minimum atomic E-state index is -0.0477. The first-order valence-electron chi connectivity index (χ1n) is 15.5. The quantitative estimate of drug-likeness (QED) is 0.207. The standard InChI is InChI=1S/C40H26/c1-2-13-28(14-3-1)39-35-16-6-8-18-37(35)40(38-19-9-7-17-36(38)39)34-23-11-21-32-31(20-10-22-33(32)34)30-25-24-27-12-4-5-15-29(27)26-30/h1-26H/i2D,3D,13D,14D. The van der Waals surface area contributed by atoms with Gasteiger partial charge >= 0.3 is 0 Å². The molecule has 0 atom stereocenters. The summed E-state index contributed by atoms with van der Waals surface area (Å²) in [5, 5.41) is 8.55. The third-order valence-corrected chi connectivity index (χ3v) is 7.97. The van der Waals surface area contributed by atoms with Crippen LogP contribution >= 0.6 is 0 Å². The lowest BCUT2D eigenvalue weighted by Gasteiger charge is -2.19. The van der Waals surface area contributed by atoms with Crippen LogP contribution in [0.1, 0.15) is 5.48 Å². The minimum Gasteiger partial charge on any atom is -0.0622 e. The molecule has 0 amide bonds. The van der Waals surface area contributed by atoms with Crippen LogP contribution in [0.25, 0.3) is 76.5 Å². The zero-order chi connectivity index (χ0) is 29.9. The van der Waals surface area contributed by atoms with E-state index >= 15 is 0 Å². The summed E-state index contributed by atoms with van der Waals surface area (Å²) < 4.78 is 34.4. The van der Waals surface area contributed by atoms with Crippen molar-refractivity contribution in [3.05, 3.63) is 158 Å². The highest BCUT2D eigenvalue weighted by Crippen LogP contribution is 2.46. The zero-order valence-electron chi connectivity index (χ0n) is 25.7. The highest BCUT2D eigenvalue weighted by Gasteiger charge is 2.18. The van der Waals surface area contributed by atoms with Gasteiger partial charge in [-0.05, 0) is 82.5 Å². The Kier molecular flexibility index (Phi) is 4.37. The first-order valence-corrected chi connectivity index (χ1v) is 13.5. The van der Waals surface area contributed by atoms with E-state index in [1.807, 2.05) is 36.4 Å². The van der Waals surface area contributed by atoms with Crippen molar-refractivity contribution >= 4 is 43.1 Å². The van der Waals surface area contributed by atoms with Crippen LogP contribution in [0.5, 0.6) is 0 Å². The Morgan fingerprint density at radius 3 is 1.55 bits per heavy atom. The molecule has 186 valence electrons. The highest BCUT2D eigenvalue weighted by atomic mass is 14.2. The van der Waals surface area contributed by atoms with Crippen molar-refractivity contribution in [3.8, 4) is 33.4 Å². The van der Waals surface area contributed by atoms with Crippen molar-refractivity contribution in [2.75, 3.05) is 0 Å². The number of hydrogen-bond donors (Lipinski definition) is 0. The molecular weight excluding hydrogens is 480 g/mol. The normalized spacial score (nSPS) is 12.9. The van der Waals surface area contributed by atoms with Gasteiger partial charge in [0.15, 0.2) is 0 Å². The number of hydrogen-bond acceptors (Lipinski definition) is 0. The molecular formula is C40H26. The second-order valence-electron chi connectivity index (χ2n) is 10.2. The fraction of sp³-hybridized carbons (Fsp3) is 0. The summed E-state index contributed by atoms with van der Waals surface area (Å²) in [5.74, 6) is 0. The monoisotopic (exact) mass is 510 g/mol. The van der Waals surface area contributed by atoms with Gasteiger partial charge in [-0.3, -0.25) is 0 Å². The highest BCUT2D eigenvalue weighted by molar-refractivity contribution is 6.24. The maximum Gasteiger partial charge on any atom is 0.0629 e. The van der Waals surface area contributed by atoms with Crippen molar-refractivity contribution in [3.63, 3.8) is 0 Å². The topological polar surface area (TPSA) is 0 Å². The van der Waals surface area contributed by atoms with Crippen LogP contribution < -0.4 is 0 Å². The molecule has 0 aliphatic rings. The minimum absolute atomic E-state index is 0.0285. The average molecular weight is 511 g/mol. The Hall–Kier alpha value is -5.20. The van der Waals surface area contributed by atoms with E-state index in [1.165, 1.54) is 33.4 Å². The van der Waals surface area contributed by atoms with E-state index in [0.29, 0.717) is 5.56 Å². The van der Waals surface area contributed by atoms with Gasteiger partial charge in [-0.1, -0.05) is 152 Å². The largest absolute Gasteiger partial charge is 0.0629 e. The van der Waals surface area contributed by atoms with Gasteiger partial charge in [0.05, 0.1) is 5.48 Å². The Labute approximate surface area is 239 Å². The third kappa shape index (κ3) is 3.54. The summed E-state index contributed by atoms with van der Waals surface area (Å²) in [5.41, 5.74) is 5.61. The Morgan fingerprint density at radius 1 is 0.350 bits per heavy atom. The Morgan fingerprint density at radius 2 is 0.875 bits per heavy atom. The molecule has 0 N–H and O–H groups in total. The van der Waals surface area contributed by atoms with Crippen LogP contribution in [0, 0.1) is 0 Å². The molecule has 0 fully saturated rings.